The molecule has 1 heterocycles. The molecule has 2 heteroatoms. The van der Waals surface area contributed by atoms with Crippen molar-refractivity contribution in [3.8, 4) is 0 Å². The van der Waals surface area contributed by atoms with Crippen LogP contribution in [0.4, 0.5) is 0 Å². The quantitative estimate of drug-likeness (QED) is 0.696. The molecule has 0 aromatic carbocycles. The summed E-state index contributed by atoms with van der Waals surface area (Å²) in [7, 11) is 0. The van der Waals surface area contributed by atoms with Crippen LogP contribution in [0.1, 0.15) is 47.0 Å². The molecule has 0 atom stereocenters. The monoisotopic (exact) mass is 199 g/mol. The van der Waals surface area contributed by atoms with Gasteiger partial charge in [0.05, 0.1) is 0 Å². The maximum Gasteiger partial charge on any atom is 0.130 e. The van der Waals surface area contributed by atoms with Crippen molar-refractivity contribution in [2.75, 3.05) is 19.6 Å². The van der Waals surface area contributed by atoms with Gasteiger partial charge in [0.25, 0.3) is 0 Å². The summed E-state index contributed by atoms with van der Waals surface area (Å²) in [5, 5.41) is 0. The highest BCUT2D eigenvalue weighted by atomic mass is 16.1. The number of nitrogens with zero attached hydrogens (tertiary/aromatic N) is 1. The van der Waals surface area contributed by atoms with Gasteiger partial charge in [-0.3, -0.25) is 0 Å². The number of hydrogen-bond acceptors (Lipinski definition) is 2. The molecule has 1 rings (SSSR count). The number of piperidine rings is 1. The Morgan fingerprint density at radius 3 is 2.14 bits per heavy atom. The predicted octanol–water partition coefficient (Wildman–Crippen LogP) is 2.72. The minimum absolute atomic E-state index is 0.352. The maximum absolute atomic E-state index is 10.8. The molecule has 0 N–H and O–H groups in total. The smallest absolute Gasteiger partial charge is 0.130 e. The van der Waals surface area contributed by atoms with E-state index in [0.29, 0.717) is 11.7 Å². The van der Waals surface area contributed by atoms with Crippen LogP contribution >= 0.6 is 0 Å². The first-order chi connectivity index (χ1) is 6.72. The Bertz CT molecular complexity index is 148. The first kappa shape index (κ1) is 13.6. The molecular formula is C12H25NO. The number of Topliss-reactive ketones (excluding diaryl/α,β-unsaturated/α-hetero) is 1. The summed E-state index contributed by atoms with van der Waals surface area (Å²) in [6.07, 6.45) is 3.23. The zero-order chi connectivity index (χ0) is 11.0. The van der Waals surface area contributed by atoms with Gasteiger partial charge in [-0.2, -0.15) is 0 Å². The Labute approximate surface area is 88.7 Å². The van der Waals surface area contributed by atoms with Gasteiger partial charge in [-0.25, -0.2) is 0 Å². The summed E-state index contributed by atoms with van der Waals surface area (Å²) in [4.78, 5) is 13.3. The molecule has 0 amide bonds. The molecule has 2 nitrogen and oxygen atoms in total. The van der Waals surface area contributed by atoms with Crippen molar-refractivity contribution in [2.45, 2.75) is 47.0 Å². The predicted molar refractivity (Wildman–Crippen MR) is 61.5 cm³/mol. The van der Waals surface area contributed by atoms with Gasteiger partial charge in [-0.15, -0.1) is 0 Å². The normalized spacial score (nSPS) is 18.6. The maximum atomic E-state index is 10.8. The van der Waals surface area contributed by atoms with E-state index in [2.05, 4.69) is 11.8 Å². The van der Waals surface area contributed by atoms with E-state index in [9.17, 15) is 4.79 Å². The fourth-order valence-electron chi connectivity index (χ4n) is 1.91. The molecule has 0 aromatic heterocycles. The van der Waals surface area contributed by atoms with Crippen molar-refractivity contribution in [1.82, 2.24) is 4.90 Å². The van der Waals surface area contributed by atoms with Crippen molar-refractivity contribution in [1.29, 1.82) is 0 Å². The highest BCUT2D eigenvalue weighted by Gasteiger charge is 2.18. The number of carbonyl (C=O) groups is 1. The van der Waals surface area contributed by atoms with Gasteiger partial charge in [0, 0.05) is 6.42 Å². The van der Waals surface area contributed by atoms with Gasteiger partial charge in [0.1, 0.15) is 5.78 Å². The van der Waals surface area contributed by atoms with E-state index in [4.69, 9.17) is 0 Å². The van der Waals surface area contributed by atoms with Crippen molar-refractivity contribution < 1.29 is 4.79 Å². The van der Waals surface area contributed by atoms with Crippen LogP contribution in [0.25, 0.3) is 0 Å². The van der Waals surface area contributed by atoms with Crippen LogP contribution in [0, 0.1) is 5.92 Å². The van der Waals surface area contributed by atoms with Crippen LogP contribution in [0.15, 0.2) is 0 Å². The van der Waals surface area contributed by atoms with Gasteiger partial charge in [0.2, 0.25) is 0 Å². The third-order valence-electron chi connectivity index (χ3n) is 2.73. The second-order valence-electron chi connectivity index (χ2n) is 3.78. The summed E-state index contributed by atoms with van der Waals surface area (Å²) in [5.41, 5.74) is 0. The van der Waals surface area contributed by atoms with E-state index in [-0.39, 0.29) is 0 Å². The van der Waals surface area contributed by atoms with Crippen molar-refractivity contribution in [3.05, 3.63) is 0 Å². The molecule has 1 fully saturated rings. The minimum Gasteiger partial charge on any atom is -0.304 e. The number of likely N-dealkylation sites (tertiary alicyclic amines) is 1. The van der Waals surface area contributed by atoms with Crippen LogP contribution in [-0.4, -0.2) is 30.3 Å². The third-order valence-corrected chi connectivity index (χ3v) is 2.73. The lowest BCUT2D eigenvalue weighted by atomic mass is 9.92. The molecule has 0 aliphatic carbocycles. The zero-order valence-corrected chi connectivity index (χ0v) is 10.2. The molecule has 0 spiro atoms. The van der Waals surface area contributed by atoms with Crippen molar-refractivity contribution in [2.24, 2.45) is 5.92 Å². The molecule has 14 heavy (non-hydrogen) atoms. The second kappa shape index (κ2) is 7.98. The summed E-state index contributed by atoms with van der Waals surface area (Å²) in [6, 6.07) is 0. The largest absolute Gasteiger partial charge is 0.304 e. The van der Waals surface area contributed by atoms with E-state index < -0.39 is 0 Å². The fourth-order valence-corrected chi connectivity index (χ4v) is 1.91. The van der Waals surface area contributed by atoms with Crippen molar-refractivity contribution >= 4 is 5.78 Å². The Balaban J connectivity index is 0.000000791. The first-order valence-corrected chi connectivity index (χ1v) is 5.94. The van der Waals surface area contributed by atoms with Gasteiger partial charge < -0.3 is 9.69 Å². The Kier molecular flexibility index (Phi) is 7.77. The number of ketones is 1. The van der Waals surface area contributed by atoms with Gasteiger partial charge in [-0.1, -0.05) is 20.8 Å². The highest BCUT2D eigenvalue weighted by molar-refractivity contribution is 5.75. The summed E-state index contributed by atoms with van der Waals surface area (Å²) in [5.74, 6) is 1.02. The highest BCUT2D eigenvalue weighted by Crippen LogP contribution is 2.20. The number of carbonyl (C=O) groups excluding carboxylic acids is 1. The molecule has 0 radical (unpaired) electrons. The molecule has 0 unspecified atom stereocenters. The van der Waals surface area contributed by atoms with E-state index >= 15 is 0 Å². The summed E-state index contributed by atoms with van der Waals surface area (Å²) < 4.78 is 0. The third kappa shape index (κ3) is 5.38. The molecule has 0 bridgehead atoms. The standard InChI is InChI=1S/C10H19NO.C2H6/c1-3-11-6-4-10(5-7-11)8-9(2)12;1-2/h10H,3-8H2,1-2H3;1-2H3. The molecule has 0 saturated carbocycles. The summed E-state index contributed by atoms with van der Waals surface area (Å²) in [6.45, 7) is 11.4. The minimum atomic E-state index is 0.352. The fraction of sp³-hybridized carbons (Fsp3) is 0.917. The van der Waals surface area contributed by atoms with E-state index in [1.54, 1.807) is 6.92 Å². The molecule has 0 aromatic rings. The van der Waals surface area contributed by atoms with Crippen molar-refractivity contribution in [3.63, 3.8) is 0 Å². The molecule has 84 valence electrons. The Morgan fingerprint density at radius 2 is 1.79 bits per heavy atom. The molecule has 1 aliphatic heterocycles. The van der Waals surface area contributed by atoms with E-state index in [1.807, 2.05) is 13.8 Å². The average Bonchev–Trinajstić information content (AvgIpc) is 2.21. The second-order valence-corrected chi connectivity index (χ2v) is 3.78. The lowest BCUT2D eigenvalue weighted by Gasteiger charge is -2.30. The number of rotatable bonds is 3. The van der Waals surface area contributed by atoms with E-state index in [1.165, 1.54) is 25.9 Å². The van der Waals surface area contributed by atoms with Gasteiger partial charge in [-0.05, 0) is 45.3 Å². The van der Waals surface area contributed by atoms with E-state index in [0.717, 1.165) is 13.0 Å². The number of hydrogen-bond donors (Lipinski definition) is 0. The molecular weight excluding hydrogens is 174 g/mol. The zero-order valence-electron chi connectivity index (χ0n) is 10.2. The SMILES string of the molecule is CC.CCN1CCC(CC(C)=O)CC1. The van der Waals surface area contributed by atoms with Crippen LogP contribution in [0.3, 0.4) is 0 Å². The lowest BCUT2D eigenvalue weighted by molar-refractivity contribution is -0.118. The topological polar surface area (TPSA) is 20.3 Å². The lowest BCUT2D eigenvalue weighted by Crippen LogP contribution is -2.33. The average molecular weight is 199 g/mol. The molecule has 1 saturated heterocycles. The Morgan fingerprint density at radius 1 is 1.29 bits per heavy atom. The van der Waals surface area contributed by atoms with Crippen LogP contribution < -0.4 is 0 Å². The summed E-state index contributed by atoms with van der Waals surface area (Å²) >= 11 is 0. The van der Waals surface area contributed by atoms with Crippen LogP contribution in [-0.2, 0) is 4.79 Å². The Hall–Kier alpha value is -0.370. The first-order valence-electron chi connectivity index (χ1n) is 5.94. The van der Waals surface area contributed by atoms with Crippen LogP contribution in [0.5, 0.6) is 0 Å². The van der Waals surface area contributed by atoms with Crippen LogP contribution in [0.2, 0.25) is 0 Å². The van der Waals surface area contributed by atoms with Gasteiger partial charge in [0.15, 0.2) is 0 Å². The van der Waals surface area contributed by atoms with Gasteiger partial charge >= 0.3 is 0 Å². The molecule has 1 aliphatic rings.